The van der Waals surface area contributed by atoms with Gasteiger partial charge in [-0.15, -0.1) is 0 Å². The lowest BCUT2D eigenvalue weighted by Gasteiger charge is -2.25. The molecule has 0 saturated heterocycles. The van der Waals surface area contributed by atoms with Gasteiger partial charge in [-0.05, 0) is 30.0 Å². The van der Waals surface area contributed by atoms with E-state index in [1.807, 2.05) is 39.8 Å². The zero-order valence-electron chi connectivity index (χ0n) is 20.1. The van der Waals surface area contributed by atoms with E-state index in [4.69, 9.17) is 15.3 Å². The number of amides is 1. The Labute approximate surface area is 198 Å². The summed E-state index contributed by atoms with van der Waals surface area (Å²) in [5.41, 5.74) is 2.94. The minimum absolute atomic E-state index is 0.0528. The lowest BCUT2D eigenvalue weighted by molar-refractivity contribution is -0.135. The Morgan fingerprint density at radius 1 is 1.24 bits per heavy atom. The summed E-state index contributed by atoms with van der Waals surface area (Å²) in [6, 6.07) is 7.00. The van der Waals surface area contributed by atoms with Gasteiger partial charge in [-0.3, -0.25) is 19.8 Å². The van der Waals surface area contributed by atoms with Gasteiger partial charge in [0.1, 0.15) is 23.8 Å². The molecule has 3 rings (SSSR count). The van der Waals surface area contributed by atoms with Crippen LogP contribution < -0.4 is 10.1 Å². The molecular weight excluding hydrogens is 436 g/mol. The van der Waals surface area contributed by atoms with E-state index in [-0.39, 0.29) is 29.3 Å². The molecule has 2 heterocycles. The highest BCUT2D eigenvalue weighted by molar-refractivity contribution is 6.06. The quantitative estimate of drug-likeness (QED) is 0.510. The number of hydrogen-bond acceptors (Lipinski definition) is 6. The molecule has 0 saturated carbocycles. The first-order chi connectivity index (χ1) is 16.0. The minimum atomic E-state index is -1.18. The van der Waals surface area contributed by atoms with Crippen molar-refractivity contribution in [3.8, 4) is 5.75 Å². The number of amidine groups is 1. The number of nitrogens with zero attached hydrogens (tertiary/aromatic N) is 2. The number of aromatic nitrogens is 1. The number of nitrogens with one attached hydrogen (secondary N) is 2. The van der Waals surface area contributed by atoms with E-state index in [1.54, 1.807) is 11.0 Å². The summed E-state index contributed by atoms with van der Waals surface area (Å²) in [6.07, 6.45) is 0.758. The number of fused-ring (bicyclic) bond motifs is 1. The van der Waals surface area contributed by atoms with Gasteiger partial charge >= 0.3 is 5.97 Å². The van der Waals surface area contributed by atoms with Crippen molar-refractivity contribution in [1.29, 1.82) is 5.41 Å². The lowest BCUT2D eigenvalue weighted by atomic mass is 9.83. The first-order valence-corrected chi connectivity index (χ1v) is 11.0. The number of carboxylic acid groups (broad SMARTS) is 1. The number of hydrogen-bond donors (Lipinski definition) is 3. The Bertz CT molecular complexity index is 1170. The largest absolute Gasteiger partial charge is 0.496 e. The molecule has 1 amide bonds. The number of carbonyl (C=O) groups is 3. The number of benzene rings is 1. The van der Waals surface area contributed by atoms with Crippen LogP contribution in [0.5, 0.6) is 5.75 Å². The average molecular weight is 467 g/mol. The molecule has 1 aliphatic rings. The molecule has 0 atom stereocenters. The highest BCUT2D eigenvalue weighted by Gasteiger charge is 2.30. The monoisotopic (exact) mass is 466 g/mol. The van der Waals surface area contributed by atoms with E-state index in [9.17, 15) is 14.4 Å². The van der Waals surface area contributed by atoms with Crippen molar-refractivity contribution in [3.05, 3.63) is 57.9 Å². The molecule has 9 nitrogen and oxygen atoms in total. The normalized spacial score (nSPS) is 13.0. The first-order valence-electron chi connectivity index (χ1n) is 11.0. The van der Waals surface area contributed by atoms with Crippen LogP contribution in [0, 0.1) is 5.41 Å². The second kappa shape index (κ2) is 9.62. The molecule has 0 aliphatic carbocycles. The second-order valence-electron chi connectivity index (χ2n) is 9.22. The van der Waals surface area contributed by atoms with Gasteiger partial charge in [0.25, 0.3) is 5.91 Å². The van der Waals surface area contributed by atoms with Gasteiger partial charge in [0.15, 0.2) is 5.78 Å². The van der Waals surface area contributed by atoms with E-state index in [2.05, 4.69) is 10.3 Å². The Morgan fingerprint density at radius 3 is 2.53 bits per heavy atom. The number of aryl methyl sites for hydroxylation is 1. The maximum Gasteiger partial charge on any atom is 0.322 e. The van der Waals surface area contributed by atoms with E-state index in [0.717, 1.165) is 17.7 Å². The predicted molar refractivity (Wildman–Crippen MR) is 127 cm³/mol. The molecule has 0 bridgehead atoms. The highest BCUT2D eigenvalue weighted by Crippen LogP contribution is 2.35. The van der Waals surface area contributed by atoms with Gasteiger partial charge in [-0.1, -0.05) is 33.8 Å². The molecule has 1 aromatic carbocycles. The smallest absolute Gasteiger partial charge is 0.322 e. The lowest BCUT2D eigenvalue weighted by Crippen LogP contribution is -2.32. The molecule has 2 aromatic rings. The van der Waals surface area contributed by atoms with Crippen molar-refractivity contribution in [3.63, 3.8) is 0 Å². The molecule has 34 heavy (non-hydrogen) atoms. The SMILES string of the molecule is CCc1ccc2c(n1)C(=N)N(CC(=O)c1cc(C(=O)NCC(=O)O)c(OC)c(C(C)(C)C)c1)C2. The summed E-state index contributed by atoms with van der Waals surface area (Å²) in [4.78, 5) is 43.2. The van der Waals surface area contributed by atoms with Gasteiger partial charge in [0.2, 0.25) is 0 Å². The maximum absolute atomic E-state index is 13.3. The summed E-state index contributed by atoms with van der Waals surface area (Å²) < 4.78 is 5.51. The number of pyridine rings is 1. The highest BCUT2D eigenvalue weighted by atomic mass is 16.5. The average Bonchev–Trinajstić information content (AvgIpc) is 3.10. The van der Waals surface area contributed by atoms with Crippen LogP contribution in [0.4, 0.5) is 0 Å². The molecule has 1 aromatic heterocycles. The van der Waals surface area contributed by atoms with E-state index in [1.165, 1.54) is 13.2 Å². The zero-order chi connectivity index (χ0) is 25.2. The Balaban J connectivity index is 1.94. The third kappa shape index (κ3) is 5.08. The van der Waals surface area contributed by atoms with Gasteiger partial charge < -0.3 is 20.1 Å². The van der Waals surface area contributed by atoms with Crippen LogP contribution in [-0.2, 0) is 23.2 Å². The summed E-state index contributed by atoms with van der Waals surface area (Å²) >= 11 is 0. The van der Waals surface area contributed by atoms with Gasteiger partial charge in [0, 0.05) is 28.9 Å². The molecule has 1 aliphatic heterocycles. The van der Waals surface area contributed by atoms with Crippen LogP contribution in [0.2, 0.25) is 0 Å². The van der Waals surface area contributed by atoms with Gasteiger partial charge in [-0.25, -0.2) is 4.98 Å². The maximum atomic E-state index is 13.3. The predicted octanol–water partition coefficient (Wildman–Crippen LogP) is 2.79. The zero-order valence-corrected chi connectivity index (χ0v) is 20.1. The van der Waals surface area contributed by atoms with Crippen LogP contribution in [0.1, 0.15) is 70.9 Å². The second-order valence-corrected chi connectivity index (χ2v) is 9.22. The van der Waals surface area contributed by atoms with Crippen molar-refractivity contribution in [2.24, 2.45) is 0 Å². The van der Waals surface area contributed by atoms with E-state index >= 15 is 0 Å². The van der Waals surface area contributed by atoms with Gasteiger partial charge in [-0.2, -0.15) is 0 Å². The fourth-order valence-electron chi connectivity index (χ4n) is 3.88. The molecule has 180 valence electrons. The third-order valence-corrected chi connectivity index (χ3v) is 5.70. The summed E-state index contributed by atoms with van der Waals surface area (Å²) in [5.74, 6) is -1.60. The van der Waals surface area contributed by atoms with Crippen LogP contribution in [0.25, 0.3) is 0 Å². The standard InChI is InChI=1S/C25H30N4O5/c1-6-16-8-7-14-12-29(23(26)21(14)28-16)13-19(30)15-9-17(24(33)27-11-20(31)32)22(34-5)18(10-15)25(2,3)4/h7-10,26H,6,11-13H2,1-5H3,(H,27,33)(H,31,32). The molecule has 0 unspecified atom stereocenters. The number of Topliss-reactive ketones (excluding diaryl/α,β-unsaturated/α-hetero) is 1. The number of methoxy groups -OCH3 is 1. The molecule has 9 heteroatoms. The summed E-state index contributed by atoms with van der Waals surface area (Å²) in [5, 5.41) is 19.8. The number of carbonyl (C=O) groups excluding carboxylic acids is 2. The molecule has 0 fully saturated rings. The fraction of sp³-hybridized carbons (Fsp3) is 0.400. The number of carboxylic acids is 1. The fourth-order valence-corrected chi connectivity index (χ4v) is 3.88. The third-order valence-electron chi connectivity index (χ3n) is 5.70. The van der Waals surface area contributed by atoms with Crippen LogP contribution in [0.15, 0.2) is 24.3 Å². The number of ketones is 1. The van der Waals surface area contributed by atoms with Crippen molar-refractivity contribution in [1.82, 2.24) is 15.2 Å². The number of ether oxygens (including phenoxy) is 1. The van der Waals surface area contributed by atoms with Crippen LogP contribution in [-0.4, -0.2) is 58.7 Å². The van der Waals surface area contributed by atoms with Crippen LogP contribution in [0.3, 0.4) is 0 Å². The Morgan fingerprint density at radius 2 is 1.94 bits per heavy atom. The van der Waals surface area contributed by atoms with Gasteiger partial charge in [0.05, 0.1) is 19.2 Å². The first kappa shape index (κ1) is 24.9. The van der Waals surface area contributed by atoms with E-state index in [0.29, 0.717) is 23.6 Å². The number of aliphatic carboxylic acids is 1. The molecule has 0 spiro atoms. The van der Waals surface area contributed by atoms with Crippen molar-refractivity contribution < 1.29 is 24.2 Å². The molecular formula is C25H30N4O5. The topological polar surface area (TPSA) is 133 Å². The van der Waals surface area contributed by atoms with Crippen LogP contribution >= 0.6 is 0 Å². The molecule has 0 radical (unpaired) electrons. The summed E-state index contributed by atoms with van der Waals surface area (Å²) in [6.45, 7) is 7.59. The van der Waals surface area contributed by atoms with Crippen molar-refractivity contribution >= 4 is 23.5 Å². The molecule has 3 N–H and O–H groups in total. The van der Waals surface area contributed by atoms with Crippen molar-refractivity contribution in [2.45, 2.75) is 46.1 Å². The Hall–Kier alpha value is -3.75. The van der Waals surface area contributed by atoms with Crippen molar-refractivity contribution in [2.75, 3.05) is 20.2 Å². The minimum Gasteiger partial charge on any atom is -0.496 e. The summed E-state index contributed by atoms with van der Waals surface area (Å²) in [7, 11) is 1.43. The van der Waals surface area contributed by atoms with E-state index < -0.39 is 23.8 Å². The number of rotatable bonds is 8. The Kier molecular flexibility index (Phi) is 7.04.